The van der Waals surface area contributed by atoms with Crippen molar-refractivity contribution >= 4 is 28.5 Å². The molecule has 10 heteroatoms. The fourth-order valence-electron chi connectivity index (χ4n) is 4.03. The topological polar surface area (TPSA) is 84.2 Å². The Morgan fingerprint density at radius 2 is 1.85 bits per heavy atom. The standard InChI is InChI=1S/C23H18F3N5O2/c24-15-5-3-13(4-6-15)20-19-21(27-12-28-23(19)33-30-20)31-9-1-2-14(11-31)22(32)29-18-10-16(25)7-8-17(18)26/h3-8,10,12,14H,1-2,9,11H2,(H,29,32)/t14-/m1/s1. The Bertz CT molecular complexity index is 1330. The molecule has 0 radical (unpaired) electrons. The van der Waals surface area contributed by atoms with Crippen molar-refractivity contribution in [2.45, 2.75) is 12.8 Å². The highest BCUT2D eigenvalue weighted by molar-refractivity contribution is 5.98. The number of hydrogen-bond acceptors (Lipinski definition) is 6. The summed E-state index contributed by atoms with van der Waals surface area (Å²) in [5, 5.41) is 7.14. The predicted molar refractivity (Wildman–Crippen MR) is 115 cm³/mol. The van der Waals surface area contributed by atoms with Crippen LogP contribution in [0, 0.1) is 23.4 Å². The molecule has 0 saturated carbocycles. The van der Waals surface area contributed by atoms with Crippen LogP contribution in [0.5, 0.6) is 0 Å². The van der Waals surface area contributed by atoms with Gasteiger partial charge in [-0.1, -0.05) is 5.16 Å². The van der Waals surface area contributed by atoms with E-state index in [-0.39, 0.29) is 17.2 Å². The highest BCUT2D eigenvalue weighted by Gasteiger charge is 2.30. The molecule has 1 aliphatic heterocycles. The van der Waals surface area contributed by atoms with Gasteiger partial charge in [-0.25, -0.2) is 18.2 Å². The maximum absolute atomic E-state index is 14.0. The van der Waals surface area contributed by atoms with Gasteiger partial charge in [0.1, 0.15) is 40.7 Å². The first-order valence-electron chi connectivity index (χ1n) is 10.4. The van der Waals surface area contributed by atoms with E-state index >= 15 is 0 Å². The number of rotatable bonds is 4. The highest BCUT2D eigenvalue weighted by atomic mass is 19.1. The molecule has 1 saturated heterocycles. The smallest absolute Gasteiger partial charge is 0.263 e. The molecule has 7 nitrogen and oxygen atoms in total. The number of carbonyl (C=O) groups is 1. The van der Waals surface area contributed by atoms with Gasteiger partial charge in [0.2, 0.25) is 5.91 Å². The van der Waals surface area contributed by atoms with E-state index in [9.17, 15) is 18.0 Å². The van der Waals surface area contributed by atoms with Gasteiger partial charge in [-0.15, -0.1) is 0 Å². The third kappa shape index (κ3) is 4.11. The van der Waals surface area contributed by atoms with Crippen molar-refractivity contribution in [3.63, 3.8) is 0 Å². The molecule has 1 atom stereocenters. The first-order chi connectivity index (χ1) is 16.0. The van der Waals surface area contributed by atoms with Crippen molar-refractivity contribution in [1.82, 2.24) is 15.1 Å². The Balaban J connectivity index is 1.43. The zero-order valence-electron chi connectivity index (χ0n) is 17.3. The molecule has 1 aliphatic rings. The molecular weight excluding hydrogens is 435 g/mol. The number of carbonyl (C=O) groups excluding carboxylic acids is 1. The lowest BCUT2D eigenvalue weighted by Gasteiger charge is -2.33. The van der Waals surface area contributed by atoms with Crippen LogP contribution in [0.15, 0.2) is 53.3 Å². The predicted octanol–water partition coefficient (Wildman–Crippen LogP) is 4.56. The van der Waals surface area contributed by atoms with E-state index in [1.54, 1.807) is 12.1 Å². The molecule has 1 amide bonds. The Hall–Kier alpha value is -3.95. The maximum atomic E-state index is 14.0. The van der Waals surface area contributed by atoms with Crippen LogP contribution in [-0.2, 0) is 4.79 Å². The summed E-state index contributed by atoms with van der Waals surface area (Å²) in [4.78, 5) is 23.3. The number of fused-ring (bicyclic) bond motifs is 1. The third-order valence-corrected chi connectivity index (χ3v) is 5.65. The normalized spacial score (nSPS) is 16.2. The molecule has 0 aliphatic carbocycles. The first-order valence-corrected chi connectivity index (χ1v) is 10.4. The zero-order valence-corrected chi connectivity index (χ0v) is 17.3. The average molecular weight is 453 g/mol. The van der Waals surface area contributed by atoms with Gasteiger partial charge in [-0.2, -0.15) is 4.98 Å². The molecule has 3 heterocycles. The summed E-state index contributed by atoms with van der Waals surface area (Å²) in [6, 6.07) is 8.74. The highest BCUT2D eigenvalue weighted by Crippen LogP contribution is 2.35. The molecule has 1 fully saturated rings. The summed E-state index contributed by atoms with van der Waals surface area (Å²) in [6.07, 6.45) is 2.62. The third-order valence-electron chi connectivity index (χ3n) is 5.65. The molecule has 0 bridgehead atoms. The molecule has 2 aromatic heterocycles. The molecule has 1 N–H and O–H groups in total. The van der Waals surface area contributed by atoms with Crippen LogP contribution in [-0.4, -0.2) is 34.1 Å². The number of nitrogens with one attached hydrogen (secondary N) is 1. The summed E-state index contributed by atoms with van der Waals surface area (Å²) < 4.78 is 46.2. The number of benzene rings is 2. The second-order valence-corrected chi connectivity index (χ2v) is 7.81. The minimum Gasteiger partial charge on any atom is -0.355 e. The minimum absolute atomic E-state index is 0.195. The number of piperidine rings is 1. The van der Waals surface area contributed by atoms with Crippen molar-refractivity contribution < 1.29 is 22.5 Å². The Morgan fingerprint density at radius 3 is 2.67 bits per heavy atom. The lowest BCUT2D eigenvalue weighted by Crippen LogP contribution is -2.41. The van der Waals surface area contributed by atoms with Crippen LogP contribution in [0.2, 0.25) is 0 Å². The summed E-state index contributed by atoms with van der Waals surface area (Å²) in [6.45, 7) is 0.932. The zero-order chi connectivity index (χ0) is 22.9. The van der Waals surface area contributed by atoms with Gasteiger partial charge in [0.15, 0.2) is 0 Å². The van der Waals surface area contributed by atoms with Crippen LogP contribution in [0.25, 0.3) is 22.4 Å². The quantitative estimate of drug-likeness (QED) is 0.488. The molecule has 4 aromatic rings. The summed E-state index contributed by atoms with van der Waals surface area (Å²) in [5.74, 6) is -2.05. The van der Waals surface area contributed by atoms with E-state index in [4.69, 9.17) is 4.52 Å². The van der Waals surface area contributed by atoms with Crippen molar-refractivity contribution in [3.05, 3.63) is 66.2 Å². The van der Waals surface area contributed by atoms with E-state index in [0.29, 0.717) is 48.4 Å². The lowest BCUT2D eigenvalue weighted by atomic mass is 9.96. The lowest BCUT2D eigenvalue weighted by molar-refractivity contribution is -0.120. The van der Waals surface area contributed by atoms with Gasteiger partial charge in [0.05, 0.1) is 11.6 Å². The summed E-state index contributed by atoms with van der Waals surface area (Å²) in [5.41, 5.74) is 1.18. The fourth-order valence-corrected chi connectivity index (χ4v) is 4.03. The van der Waals surface area contributed by atoms with Gasteiger partial charge >= 0.3 is 0 Å². The van der Waals surface area contributed by atoms with Gasteiger partial charge in [0.25, 0.3) is 5.71 Å². The van der Waals surface area contributed by atoms with Crippen molar-refractivity contribution in [2.24, 2.45) is 5.92 Å². The number of amides is 1. The molecule has 33 heavy (non-hydrogen) atoms. The summed E-state index contributed by atoms with van der Waals surface area (Å²) in [7, 11) is 0. The van der Waals surface area contributed by atoms with E-state index in [1.807, 2.05) is 4.90 Å². The van der Waals surface area contributed by atoms with Gasteiger partial charge < -0.3 is 14.7 Å². The van der Waals surface area contributed by atoms with Crippen LogP contribution in [0.4, 0.5) is 24.7 Å². The maximum Gasteiger partial charge on any atom is 0.263 e. The molecular formula is C23H18F3N5O2. The minimum atomic E-state index is -0.705. The monoisotopic (exact) mass is 453 g/mol. The second-order valence-electron chi connectivity index (χ2n) is 7.81. The molecule has 0 spiro atoms. The number of anilines is 2. The number of nitrogens with zero attached hydrogens (tertiary/aromatic N) is 4. The van der Waals surface area contributed by atoms with E-state index in [0.717, 1.165) is 18.2 Å². The van der Waals surface area contributed by atoms with Crippen LogP contribution >= 0.6 is 0 Å². The Labute approximate surface area is 186 Å². The van der Waals surface area contributed by atoms with Crippen molar-refractivity contribution in [3.8, 4) is 11.3 Å². The van der Waals surface area contributed by atoms with Crippen LogP contribution in [0.3, 0.4) is 0 Å². The average Bonchev–Trinajstić information content (AvgIpc) is 3.26. The fraction of sp³-hybridized carbons (Fsp3) is 0.217. The Kier molecular flexibility index (Phi) is 5.41. The number of aromatic nitrogens is 3. The van der Waals surface area contributed by atoms with Gasteiger partial charge in [0, 0.05) is 24.7 Å². The molecule has 0 unspecified atom stereocenters. The molecule has 2 aromatic carbocycles. The van der Waals surface area contributed by atoms with Gasteiger partial charge in [-0.3, -0.25) is 4.79 Å². The SMILES string of the molecule is O=C(Nc1cc(F)ccc1F)[C@@H]1CCCN(c2ncnc3onc(-c4ccc(F)cc4)c23)C1. The first kappa shape index (κ1) is 20.9. The van der Waals surface area contributed by atoms with Crippen LogP contribution < -0.4 is 10.2 Å². The molecule has 5 rings (SSSR count). The van der Waals surface area contributed by atoms with Crippen molar-refractivity contribution in [2.75, 3.05) is 23.3 Å². The van der Waals surface area contributed by atoms with Crippen molar-refractivity contribution in [1.29, 1.82) is 0 Å². The van der Waals surface area contributed by atoms with Gasteiger partial charge in [-0.05, 0) is 49.2 Å². The van der Waals surface area contributed by atoms with E-state index in [2.05, 4.69) is 20.4 Å². The summed E-state index contributed by atoms with van der Waals surface area (Å²) >= 11 is 0. The van der Waals surface area contributed by atoms with E-state index < -0.39 is 23.5 Å². The van der Waals surface area contributed by atoms with Crippen LogP contribution in [0.1, 0.15) is 12.8 Å². The number of halogens is 3. The second kappa shape index (κ2) is 8.53. The number of hydrogen-bond donors (Lipinski definition) is 1. The largest absolute Gasteiger partial charge is 0.355 e. The van der Waals surface area contributed by atoms with E-state index in [1.165, 1.54) is 18.5 Å². The molecule has 168 valence electrons. The Morgan fingerprint density at radius 1 is 1.06 bits per heavy atom.